The van der Waals surface area contributed by atoms with Gasteiger partial charge in [-0.05, 0) is 59.2 Å². The zero-order valence-corrected chi connectivity index (χ0v) is 15.7. The molecule has 3 saturated heterocycles. The first-order valence-electron chi connectivity index (χ1n) is 10.1. The first-order chi connectivity index (χ1) is 11.6. The zero-order valence-electron chi connectivity index (χ0n) is 15.7. The Labute approximate surface area is 147 Å². The van der Waals surface area contributed by atoms with Crippen molar-refractivity contribution in [2.75, 3.05) is 52.4 Å². The van der Waals surface area contributed by atoms with Crippen LogP contribution in [0.5, 0.6) is 0 Å². The standard InChI is InChI=1S/C19H37N3O2/c1-16-11-21(12-17(2)24-16)14-19(23)15-22-10-6-7-18(22)13-20-8-4-3-5-9-20/h16-19,23H,3-15H2,1-2H3. The van der Waals surface area contributed by atoms with E-state index in [1.54, 1.807) is 0 Å². The average Bonchev–Trinajstić information content (AvgIpc) is 2.94. The average molecular weight is 340 g/mol. The summed E-state index contributed by atoms with van der Waals surface area (Å²) >= 11 is 0. The minimum atomic E-state index is -0.246. The van der Waals surface area contributed by atoms with E-state index in [4.69, 9.17) is 4.74 Å². The number of β-amino-alcohol motifs (C(OH)–C–C–N with tert-alkyl or cyclic N) is 1. The Morgan fingerprint density at radius 2 is 1.62 bits per heavy atom. The molecule has 3 heterocycles. The first kappa shape index (κ1) is 18.6. The van der Waals surface area contributed by atoms with E-state index in [1.807, 2.05) is 0 Å². The van der Waals surface area contributed by atoms with E-state index in [0.717, 1.165) is 32.7 Å². The van der Waals surface area contributed by atoms with Gasteiger partial charge in [0.25, 0.3) is 0 Å². The van der Waals surface area contributed by atoms with Gasteiger partial charge in [0.1, 0.15) is 0 Å². The van der Waals surface area contributed by atoms with Crippen LogP contribution in [0.2, 0.25) is 0 Å². The Morgan fingerprint density at radius 1 is 0.917 bits per heavy atom. The van der Waals surface area contributed by atoms with Crippen molar-refractivity contribution in [1.29, 1.82) is 0 Å². The molecule has 3 aliphatic heterocycles. The molecule has 0 aromatic heterocycles. The van der Waals surface area contributed by atoms with Gasteiger partial charge in [0, 0.05) is 38.8 Å². The molecular weight excluding hydrogens is 302 g/mol. The molecule has 0 aliphatic carbocycles. The molecule has 3 fully saturated rings. The third kappa shape index (κ3) is 5.40. The number of nitrogens with zero attached hydrogens (tertiary/aromatic N) is 3. The molecular formula is C19H37N3O2. The van der Waals surface area contributed by atoms with E-state index >= 15 is 0 Å². The fourth-order valence-corrected chi connectivity index (χ4v) is 4.84. The molecule has 0 spiro atoms. The molecule has 3 rings (SSSR count). The number of rotatable bonds is 6. The molecule has 5 nitrogen and oxygen atoms in total. The van der Waals surface area contributed by atoms with Crippen molar-refractivity contribution < 1.29 is 9.84 Å². The molecule has 0 radical (unpaired) electrons. The van der Waals surface area contributed by atoms with E-state index in [9.17, 15) is 5.11 Å². The van der Waals surface area contributed by atoms with E-state index in [2.05, 4.69) is 28.5 Å². The summed E-state index contributed by atoms with van der Waals surface area (Å²) in [7, 11) is 0. The van der Waals surface area contributed by atoms with Crippen LogP contribution in [0.25, 0.3) is 0 Å². The molecule has 0 aromatic rings. The van der Waals surface area contributed by atoms with Crippen molar-refractivity contribution in [2.24, 2.45) is 0 Å². The van der Waals surface area contributed by atoms with Crippen molar-refractivity contribution in [3.63, 3.8) is 0 Å². The maximum Gasteiger partial charge on any atom is 0.0793 e. The molecule has 4 unspecified atom stereocenters. The van der Waals surface area contributed by atoms with Crippen LogP contribution in [0.3, 0.4) is 0 Å². The van der Waals surface area contributed by atoms with Crippen LogP contribution in [-0.4, -0.2) is 96.5 Å². The topological polar surface area (TPSA) is 39.2 Å². The minimum Gasteiger partial charge on any atom is -0.390 e. The first-order valence-corrected chi connectivity index (χ1v) is 10.1. The SMILES string of the molecule is CC1CN(CC(O)CN2CCCC2CN2CCCCC2)CC(C)O1. The lowest BCUT2D eigenvalue weighted by molar-refractivity contribution is -0.0783. The van der Waals surface area contributed by atoms with Gasteiger partial charge < -0.3 is 14.7 Å². The highest BCUT2D eigenvalue weighted by Gasteiger charge is 2.30. The minimum absolute atomic E-state index is 0.246. The largest absolute Gasteiger partial charge is 0.390 e. The monoisotopic (exact) mass is 339 g/mol. The second-order valence-electron chi connectivity index (χ2n) is 8.28. The predicted octanol–water partition coefficient (Wildman–Crippen LogP) is 1.41. The Kier molecular flexibility index (Phi) is 6.93. The fourth-order valence-electron chi connectivity index (χ4n) is 4.84. The number of hydrogen-bond acceptors (Lipinski definition) is 5. The molecule has 0 bridgehead atoms. The van der Waals surface area contributed by atoms with Crippen molar-refractivity contribution in [3.8, 4) is 0 Å². The summed E-state index contributed by atoms with van der Waals surface area (Å²) in [5, 5.41) is 10.6. The van der Waals surface area contributed by atoms with E-state index in [0.29, 0.717) is 6.04 Å². The van der Waals surface area contributed by atoms with Crippen LogP contribution in [0.15, 0.2) is 0 Å². The number of aliphatic hydroxyl groups excluding tert-OH is 1. The van der Waals surface area contributed by atoms with E-state index < -0.39 is 0 Å². The smallest absolute Gasteiger partial charge is 0.0793 e. The van der Waals surface area contributed by atoms with Crippen LogP contribution in [0, 0.1) is 0 Å². The molecule has 0 aromatic carbocycles. The summed E-state index contributed by atoms with van der Waals surface area (Å²) in [5.74, 6) is 0. The second kappa shape index (κ2) is 8.95. The highest BCUT2D eigenvalue weighted by molar-refractivity contribution is 4.85. The maximum absolute atomic E-state index is 10.6. The van der Waals surface area contributed by atoms with Crippen LogP contribution in [0.4, 0.5) is 0 Å². The van der Waals surface area contributed by atoms with Crippen LogP contribution >= 0.6 is 0 Å². The Bertz CT molecular complexity index is 366. The van der Waals surface area contributed by atoms with Crippen molar-refractivity contribution in [1.82, 2.24) is 14.7 Å². The number of piperidine rings is 1. The molecule has 24 heavy (non-hydrogen) atoms. The van der Waals surface area contributed by atoms with E-state index in [1.165, 1.54) is 51.7 Å². The lowest BCUT2D eigenvalue weighted by Crippen LogP contribution is -2.51. The second-order valence-corrected chi connectivity index (χ2v) is 8.28. The molecule has 140 valence electrons. The van der Waals surface area contributed by atoms with Crippen molar-refractivity contribution in [3.05, 3.63) is 0 Å². The van der Waals surface area contributed by atoms with Crippen molar-refractivity contribution in [2.45, 2.75) is 70.3 Å². The molecule has 0 amide bonds. The highest BCUT2D eigenvalue weighted by atomic mass is 16.5. The van der Waals surface area contributed by atoms with Gasteiger partial charge in [0.05, 0.1) is 18.3 Å². The van der Waals surface area contributed by atoms with Gasteiger partial charge in [-0.15, -0.1) is 0 Å². The summed E-state index contributed by atoms with van der Waals surface area (Å²) < 4.78 is 5.79. The van der Waals surface area contributed by atoms with Gasteiger partial charge in [0.2, 0.25) is 0 Å². The van der Waals surface area contributed by atoms with Gasteiger partial charge >= 0.3 is 0 Å². The van der Waals surface area contributed by atoms with Gasteiger partial charge in [-0.25, -0.2) is 0 Å². The third-order valence-electron chi connectivity index (χ3n) is 5.83. The van der Waals surface area contributed by atoms with Gasteiger partial charge in [-0.1, -0.05) is 6.42 Å². The number of aliphatic hydroxyl groups is 1. The Balaban J connectivity index is 1.43. The van der Waals surface area contributed by atoms with Crippen molar-refractivity contribution >= 4 is 0 Å². The molecule has 0 saturated carbocycles. The number of morpholine rings is 1. The fraction of sp³-hybridized carbons (Fsp3) is 1.00. The predicted molar refractivity (Wildman–Crippen MR) is 97.3 cm³/mol. The normalized spacial score (nSPS) is 35.4. The summed E-state index contributed by atoms with van der Waals surface area (Å²) in [4.78, 5) is 7.57. The molecule has 4 atom stereocenters. The lowest BCUT2D eigenvalue weighted by atomic mass is 10.1. The molecule has 1 N–H and O–H groups in total. The number of likely N-dealkylation sites (tertiary alicyclic amines) is 2. The summed E-state index contributed by atoms with van der Waals surface area (Å²) in [6.07, 6.45) is 7.03. The van der Waals surface area contributed by atoms with Crippen LogP contribution in [-0.2, 0) is 4.74 Å². The lowest BCUT2D eigenvalue weighted by Gasteiger charge is -2.37. The maximum atomic E-state index is 10.6. The molecule has 5 heteroatoms. The number of ether oxygens (including phenoxy) is 1. The highest BCUT2D eigenvalue weighted by Crippen LogP contribution is 2.21. The van der Waals surface area contributed by atoms with Crippen LogP contribution in [0.1, 0.15) is 46.0 Å². The molecule has 3 aliphatic rings. The zero-order chi connectivity index (χ0) is 16.9. The summed E-state index contributed by atoms with van der Waals surface area (Å²) in [5.41, 5.74) is 0. The summed E-state index contributed by atoms with van der Waals surface area (Å²) in [6, 6.07) is 0.653. The Morgan fingerprint density at radius 3 is 2.33 bits per heavy atom. The third-order valence-corrected chi connectivity index (χ3v) is 5.83. The van der Waals surface area contributed by atoms with Gasteiger partial charge in [-0.2, -0.15) is 0 Å². The number of hydrogen-bond donors (Lipinski definition) is 1. The Hall–Kier alpha value is -0.200. The van der Waals surface area contributed by atoms with Gasteiger partial charge in [-0.3, -0.25) is 9.80 Å². The summed E-state index contributed by atoms with van der Waals surface area (Å²) in [6.45, 7) is 12.7. The van der Waals surface area contributed by atoms with E-state index in [-0.39, 0.29) is 18.3 Å². The van der Waals surface area contributed by atoms with Gasteiger partial charge in [0.15, 0.2) is 0 Å². The van der Waals surface area contributed by atoms with Crippen LogP contribution < -0.4 is 0 Å². The quantitative estimate of drug-likeness (QED) is 0.792.